The van der Waals surface area contributed by atoms with Crippen LogP contribution in [0.4, 0.5) is 11.4 Å². The van der Waals surface area contributed by atoms with Gasteiger partial charge in [-0.1, -0.05) is 6.07 Å². The van der Waals surface area contributed by atoms with Crippen LogP contribution in [0.1, 0.15) is 23.2 Å². The van der Waals surface area contributed by atoms with Crippen LogP contribution in [0.2, 0.25) is 0 Å². The minimum absolute atomic E-state index is 0.387. The number of nitrogens with zero attached hydrogens (tertiary/aromatic N) is 2. The molecule has 1 saturated heterocycles. The topological polar surface area (TPSA) is 58.8 Å². The quantitative estimate of drug-likeness (QED) is 0.677. The summed E-state index contributed by atoms with van der Waals surface area (Å²) in [4.78, 5) is 16.2. The number of carbonyl (C=O) groups excluding carboxylic acids is 1. The van der Waals surface area contributed by atoms with Gasteiger partial charge in [-0.15, -0.1) is 0 Å². The molecule has 5 heteroatoms. The Morgan fingerprint density at radius 1 is 1.43 bits per heavy atom. The van der Waals surface area contributed by atoms with E-state index in [1.807, 2.05) is 19.2 Å². The number of piperidine rings is 1. The van der Waals surface area contributed by atoms with E-state index in [-0.39, 0.29) is 5.97 Å². The number of hydrogen-bond acceptors (Lipinski definition) is 5. The molecule has 0 radical (unpaired) electrons. The minimum atomic E-state index is -0.387. The molecule has 0 aromatic heterocycles. The highest BCUT2D eigenvalue weighted by atomic mass is 16.5. The summed E-state index contributed by atoms with van der Waals surface area (Å²) >= 11 is 0. The highest BCUT2D eigenvalue weighted by Crippen LogP contribution is 2.28. The van der Waals surface area contributed by atoms with Crippen LogP contribution >= 0.6 is 0 Å². The van der Waals surface area contributed by atoms with E-state index in [0.717, 1.165) is 25.3 Å². The van der Waals surface area contributed by atoms with E-state index in [4.69, 9.17) is 10.5 Å². The smallest absolute Gasteiger partial charge is 0.340 e. The third-order valence-corrected chi connectivity index (χ3v) is 4.27. The third kappa shape index (κ3) is 3.67. The molecule has 21 heavy (non-hydrogen) atoms. The van der Waals surface area contributed by atoms with Crippen molar-refractivity contribution in [2.45, 2.75) is 12.8 Å². The average molecular weight is 291 g/mol. The summed E-state index contributed by atoms with van der Waals surface area (Å²) in [5.41, 5.74) is 7.97. The highest BCUT2D eigenvalue weighted by Gasteiger charge is 2.20. The van der Waals surface area contributed by atoms with Crippen LogP contribution in [0.5, 0.6) is 0 Å². The molecule has 2 rings (SSSR count). The fraction of sp³-hybridized carbons (Fsp3) is 0.562. The lowest BCUT2D eigenvalue weighted by molar-refractivity contribution is 0.0602. The average Bonchev–Trinajstić information content (AvgIpc) is 2.49. The standard InChI is InChI=1S/C16H25N3O2/c1-18-9-7-12(8-10-18)11-19(2)14-6-4-5-13(15(14)17)16(20)21-3/h4-6,12H,7-11,17H2,1-3H3. The summed E-state index contributed by atoms with van der Waals surface area (Å²) < 4.78 is 4.77. The van der Waals surface area contributed by atoms with E-state index >= 15 is 0 Å². The summed E-state index contributed by atoms with van der Waals surface area (Å²) in [6.07, 6.45) is 2.41. The summed E-state index contributed by atoms with van der Waals surface area (Å²) in [5.74, 6) is 0.287. The second-order valence-electron chi connectivity index (χ2n) is 5.86. The van der Waals surface area contributed by atoms with Crippen molar-refractivity contribution in [3.8, 4) is 0 Å². The van der Waals surface area contributed by atoms with E-state index < -0.39 is 0 Å². The van der Waals surface area contributed by atoms with Gasteiger partial charge in [0.05, 0.1) is 24.0 Å². The van der Waals surface area contributed by atoms with Crippen LogP contribution in [-0.2, 0) is 4.74 Å². The maximum atomic E-state index is 11.7. The van der Waals surface area contributed by atoms with Crippen molar-refractivity contribution in [3.63, 3.8) is 0 Å². The SMILES string of the molecule is COC(=O)c1cccc(N(C)CC2CCN(C)CC2)c1N. The number of nitrogens with two attached hydrogens (primary N) is 1. The lowest BCUT2D eigenvalue weighted by Gasteiger charge is -2.33. The number of carbonyl (C=O) groups is 1. The zero-order valence-electron chi connectivity index (χ0n) is 13.1. The van der Waals surface area contributed by atoms with Gasteiger partial charge in [-0.05, 0) is 51.0 Å². The van der Waals surface area contributed by atoms with E-state index in [9.17, 15) is 4.79 Å². The van der Waals surface area contributed by atoms with Gasteiger partial charge >= 0.3 is 5.97 Å². The predicted octanol–water partition coefficient (Wildman–Crippen LogP) is 1.83. The fourth-order valence-corrected chi connectivity index (χ4v) is 2.90. The lowest BCUT2D eigenvalue weighted by Crippen LogP contribution is -2.36. The number of benzene rings is 1. The first kappa shape index (κ1) is 15.6. The largest absolute Gasteiger partial charge is 0.465 e. The minimum Gasteiger partial charge on any atom is -0.465 e. The van der Waals surface area contributed by atoms with Gasteiger partial charge in [-0.3, -0.25) is 0 Å². The molecule has 0 bridgehead atoms. The zero-order valence-corrected chi connectivity index (χ0v) is 13.1. The second-order valence-corrected chi connectivity index (χ2v) is 5.86. The van der Waals surface area contributed by atoms with E-state index in [2.05, 4.69) is 16.8 Å². The zero-order chi connectivity index (χ0) is 15.4. The molecule has 0 unspecified atom stereocenters. The van der Waals surface area contributed by atoms with Gasteiger partial charge in [0.15, 0.2) is 0 Å². The molecule has 0 aliphatic carbocycles. The van der Waals surface area contributed by atoms with Gasteiger partial charge in [-0.25, -0.2) is 4.79 Å². The first-order chi connectivity index (χ1) is 10.0. The number of esters is 1. The Kier molecular flexibility index (Phi) is 5.07. The molecule has 2 N–H and O–H groups in total. The second kappa shape index (κ2) is 6.80. The van der Waals surface area contributed by atoms with Gasteiger partial charge in [0.25, 0.3) is 0 Å². The molecule has 1 aromatic rings. The predicted molar refractivity (Wildman–Crippen MR) is 85.7 cm³/mol. The maximum absolute atomic E-state index is 11.7. The Hall–Kier alpha value is -1.75. The van der Waals surface area contributed by atoms with Crippen molar-refractivity contribution in [1.82, 2.24) is 4.90 Å². The Morgan fingerprint density at radius 3 is 2.71 bits per heavy atom. The number of para-hydroxylation sites is 1. The number of methoxy groups -OCH3 is 1. The Labute approximate surface area is 126 Å². The van der Waals surface area contributed by atoms with Crippen LogP contribution in [-0.4, -0.2) is 51.7 Å². The molecule has 1 heterocycles. The number of hydrogen-bond donors (Lipinski definition) is 1. The van der Waals surface area contributed by atoms with Crippen molar-refractivity contribution in [2.24, 2.45) is 5.92 Å². The van der Waals surface area contributed by atoms with Crippen LogP contribution in [0.15, 0.2) is 18.2 Å². The van der Waals surface area contributed by atoms with E-state index in [1.54, 1.807) is 6.07 Å². The monoisotopic (exact) mass is 291 g/mol. The summed E-state index contributed by atoms with van der Waals surface area (Å²) in [6.45, 7) is 3.26. The van der Waals surface area contributed by atoms with Crippen molar-refractivity contribution in [1.29, 1.82) is 0 Å². The van der Waals surface area contributed by atoms with Crippen molar-refractivity contribution in [3.05, 3.63) is 23.8 Å². The summed E-state index contributed by atoms with van der Waals surface area (Å²) in [7, 11) is 5.57. The van der Waals surface area contributed by atoms with Crippen molar-refractivity contribution >= 4 is 17.3 Å². The first-order valence-electron chi connectivity index (χ1n) is 7.39. The van der Waals surface area contributed by atoms with Crippen LogP contribution < -0.4 is 10.6 Å². The Morgan fingerprint density at radius 2 is 2.10 bits per heavy atom. The molecule has 5 nitrogen and oxygen atoms in total. The van der Waals surface area contributed by atoms with Crippen molar-refractivity contribution in [2.75, 3.05) is 51.5 Å². The van der Waals surface area contributed by atoms with E-state index in [0.29, 0.717) is 17.2 Å². The van der Waals surface area contributed by atoms with E-state index in [1.165, 1.54) is 20.0 Å². The Balaban J connectivity index is 2.08. The number of rotatable bonds is 4. The molecule has 116 valence electrons. The van der Waals surface area contributed by atoms with Gasteiger partial charge < -0.3 is 20.3 Å². The van der Waals surface area contributed by atoms with Gasteiger partial charge in [0.2, 0.25) is 0 Å². The molecule has 0 atom stereocenters. The third-order valence-electron chi connectivity index (χ3n) is 4.27. The van der Waals surface area contributed by atoms with Crippen LogP contribution in [0.25, 0.3) is 0 Å². The fourth-order valence-electron chi connectivity index (χ4n) is 2.90. The number of likely N-dealkylation sites (tertiary alicyclic amines) is 1. The molecular formula is C16H25N3O2. The molecule has 1 aliphatic heterocycles. The number of ether oxygens (including phenoxy) is 1. The van der Waals surface area contributed by atoms with Crippen LogP contribution in [0.3, 0.4) is 0 Å². The van der Waals surface area contributed by atoms with Gasteiger partial charge in [-0.2, -0.15) is 0 Å². The van der Waals surface area contributed by atoms with Crippen LogP contribution in [0, 0.1) is 5.92 Å². The Bertz CT molecular complexity index is 496. The first-order valence-corrected chi connectivity index (χ1v) is 7.39. The summed E-state index contributed by atoms with van der Waals surface area (Å²) in [6, 6.07) is 5.51. The molecule has 1 aromatic carbocycles. The lowest BCUT2D eigenvalue weighted by atomic mass is 9.96. The highest BCUT2D eigenvalue weighted by molar-refractivity contribution is 5.98. The molecular weight excluding hydrogens is 266 g/mol. The van der Waals surface area contributed by atoms with Crippen molar-refractivity contribution < 1.29 is 9.53 Å². The van der Waals surface area contributed by atoms with Gasteiger partial charge in [0, 0.05) is 13.6 Å². The summed E-state index contributed by atoms with van der Waals surface area (Å²) in [5, 5.41) is 0. The molecule has 0 spiro atoms. The van der Waals surface area contributed by atoms with Gasteiger partial charge in [0.1, 0.15) is 0 Å². The number of anilines is 2. The number of nitrogen functional groups attached to an aromatic ring is 1. The maximum Gasteiger partial charge on any atom is 0.340 e. The normalized spacial score (nSPS) is 16.7. The molecule has 1 aliphatic rings. The molecule has 1 fully saturated rings. The molecule has 0 saturated carbocycles. The molecule has 0 amide bonds.